The maximum atomic E-state index is 11.9. The van der Waals surface area contributed by atoms with Gasteiger partial charge in [0.2, 0.25) is 0 Å². The Morgan fingerprint density at radius 1 is 1.56 bits per heavy atom. The van der Waals surface area contributed by atoms with E-state index in [1.165, 1.54) is 0 Å². The van der Waals surface area contributed by atoms with Crippen molar-refractivity contribution in [1.29, 1.82) is 5.26 Å². The summed E-state index contributed by atoms with van der Waals surface area (Å²) in [4.78, 5) is 11.9. The molecule has 4 nitrogen and oxygen atoms in total. The molecule has 0 heterocycles. The molecule has 0 aromatic heterocycles. The third-order valence-electron chi connectivity index (χ3n) is 3.17. The number of halogens is 1. The van der Waals surface area contributed by atoms with Gasteiger partial charge in [0.25, 0.3) is 0 Å². The normalized spacial score (nSPS) is 15.8. The number of rotatable bonds is 4. The maximum Gasteiger partial charge on any atom is 0.339 e. The summed E-state index contributed by atoms with van der Waals surface area (Å²) >= 11 is 3.27. The molecule has 0 radical (unpaired) electrons. The molecule has 1 aromatic carbocycles. The smallest absolute Gasteiger partial charge is 0.339 e. The number of hydrogen-bond donors (Lipinski definition) is 1. The number of carbonyl (C=O) groups excluding carboxylic acids is 1. The fourth-order valence-electron chi connectivity index (χ4n) is 1.72. The van der Waals surface area contributed by atoms with E-state index in [1.807, 2.05) is 0 Å². The lowest BCUT2D eigenvalue weighted by Gasteiger charge is -2.12. The second kappa shape index (κ2) is 4.99. The predicted molar refractivity (Wildman–Crippen MR) is 70.7 cm³/mol. The van der Waals surface area contributed by atoms with Crippen molar-refractivity contribution in [1.82, 2.24) is 0 Å². The standard InChI is InChI=1S/C13H13BrN2O2/c14-11-9(2-1-3-10(11)16)12(17)18-8-13(4-5-13)6-7-15/h1-3H,4-6,8,16H2. The first-order valence-corrected chi connectivity index (χ1v) is 6.45. The van der Waals surface area contributed by atoms with E-state index in [4.69, 9.17) is 15.7 Å². The van der Waals surface area contributed by atoms with Crippen molar-refractivity contribution in [2.45, 2.75) is 19.3 Å². The van der Waals surface area contributed by atoms with Crippen LogP contribution < -0.4 is 5.73 Å². The van der Waals surface area contributed by atoms with Gasteiger partial charge in [-0.05, 0) is 40.9 Å². The van der Waals surface area contributed by atoms with Gasteiger partial charge in [0.15, 0.2) is 0 Å². The van der Waals surface area contributed by atoms with Crippen LogP contribution in [0.5, 0.6) is 0 Å². The number of hydrogen-bond acceptors (Lipinski definition) is 4. The van der Waals surface area contributed by atoms with Crippen LogP contribution in [0.15, 0.2) is 22.7 Å². The number of ether oxygens (including phenoxy) is 1. The molecule has 1 fully saturated rings. The summed E-state index contributed by atoms with van der Waals surface area (Å²) in [5, 5.41) is 8.69. The zero-order valence-corrected chi connectivity index (χ0v) is 11.4. The van der Waals surface area contributed by atoms with Gasteiger partial charge in [-0.2, -0.15) is 5.26 Å². The molecular formula is C13H13BrN2O2. The first kappa shape index (κ1) is 12.9. The summed E-state index contributed by atoms with van der Waals surface area (Å²) in [6, 6.07) is 7.21. The molecule has 0 saturated heterocycles. The predicted octanol–water partition coefficient (Wildman–Crippen LogP) is 2.88. The summed E-state index contributed by atoms with van der Waals surface area (Å²) < 4.78 is 5.82. The Kier molecular flexibility index (Phi) is 3.58. The molecule has 1 saturated carbocycles. The third kappa shape index (κ3) is 2.65. The van der Waals surface area contributed by atoms with E-state index in [1.54, 1.807) is 18.2 Å². The van der Waals surface area contributed by atoms with Gasteiger partial charge >= 0.3 is 5.97 Å². The largest absolute Gasteiger partial charge is 0.461 e. The molecule has 1 aromatic rings. The molecule has 18 heavy (non-hydrogen) atoms. The number of nitrogens with two attached hydrogens (primary N) is 1. The third-order valence-corrected chi connectivity index (χ3v) is 4.05. The lowest BCUT2D eigenvalue weighted by atomic mass is 10.1. The molecule has 5 heteroatoms. The zero-order valence-electron chi connectivity index (χ0n) is 9.78. The van der Waals surface area contributed by atoms with E-state index in [-0.39, 0.29) is 5.41 Å². The van der Waals surface area contributed by atoms with Gasteiger partial charge in [0, 0.05) is 17.5 Å². The minimum Gasteiger partial charge on any atom is -0.461 e. The lowest BCUT2D eigenvalue weighted by molar-refractivity contribution is 0.0418. The minimum absolute atomic E-state index is 0.1000. The zero-order chi connectivity index (χ0) is 13.2. The molecule has 1 aliphatic rings. The van der Waals surface area contributed by atoms with E-state index < -0.39 is 5.97 Å². The van der Waals surface area contributed by atoms with Gasteiger partial charge in [0.05, 0.1) is 22.7 Å². The fraction of sp³-hybridized carbons (Fsp3) is 0.385. The topological polar surface area (TPSA) is 76.1 Å². The van der Waals surface area contributed by atoms with Crippen LogP contribution in [-0.4, -0.2) is 12.6 Å². The SMILES string of the molecule is N#CCC1(COC(=O)c2cccc(N)c2Br)CC1. The van der Waals surface area contributed by atoms with Gasteiger partial charge < -0.3 is 10.5 Å². The van der Waals surface area contributed by atoms with E-state index in [0.29, 0.717) is 28.8 Å². The molecule has 0 spiro atoms. The number of nitrogens with zero attached hydrogens (tertiary/aromatic N) is 1. The fourth-order valence-corrected chi connectivity index (χ4v) is 2.15. The van der Waals surface area contributed by atoms with E-state index in [2.05, 4.69) is 22.0 Å². The first-order chi connectivity index (χ1) is 8.58. The second-order valence-electron chi connectivity index (χ2n) is 4.62. The van der Waals surface area contributed by atoms with Crippen molar-refractivity contribution in [3.8, 4) is 6.07 Å². The molecule has 94 valence electrons. The molecule has 0 unspecified atom stereocenters. The van der Waals surface area contributed by atoms with Crippen molar-refractivity contribution >= 4 is 27.6 Å². The Labute approximate surface area is 114 Å². The Morgan fingerprint density at radius 3 is 2.89 bits per heavy atom. The monoisotopic (exact) mass is 308 g/mol. The van der Waals surface area contributed by atoms with Crippen LogP contribution in [0.25, 0.3) is 0 Å². The van der Waals surface area contributed by atoms with Crippen LogP contribution in [0.2, 0.25) is 0 Å². The number of esters is 1. The highest BCUT2D eigenvalue weighted by Gasteiger charge is 2.43. The first-order valence-electron chi connectivity index (χ1n) is 5.66. The molecule has 2 N–H and O–H groups in total. The number of benzene rings is 1. The van der Waals surface area contributed by atoms with Crippen LogP contribution >= 0.6 is 15.9 Å². The summed E-state index contributed by atoms with van der Waals surface area (Å²) in [5.41, 5.74) is 6.52. The number of anilines is 1. The molecule has 0 bridgehead atoms. The Balaban J connectivity index is 2.01. The Morgan fingerprint density at radius 2 is 2.28 bits per heavy atom. The quantitative estimate of drug-likeness (QED) is 0.685. The molecule has 0 amide bonds. The van der Waals surface area contributed by atoms with Crippen LogP contribution in [0, 0.1) is 16.7 Å². The van der Waals surface area contributed by atoms with Crippen molar-refractivity contribution in [3.05, 3.63) is 28.2 Å². The summed E-state index contributed by atoms with van der Waals surface area (Å²) in [6.07, 6.45) is 2.34. The van der Waals surface area contributed by atoms with Crippen LogP contribution in [-0.2, 0) is 4.74 Å². The molecule has 0 aliphatic heterocycles. The highest BCUT2D eigenvalue weighted by Crippen LogP contribution is 2.48. The molecular weight excluding hydrogens is 296 g/mol. The minimum atomic E-state index is -0.404. The van der Waals surface area contributed by atoms with Crippen LogP contribution in [0.4, 0.5) is 5.69 Å². The molecule has 1 aliphatic carbocycles. The van der Waals surface area contributed by atoms with Gasteiger partial charge in [-0.3, -0.25) is 0 Å². The lowest BCUT2D eigenvalue weighted by Crippen LogP contribution is -2.15. The highest BCUT2D eigenvalue weighted by molar-refractivity contribution is 9.10. The van der Waals surface area contributed by atoms with Crippen LogP contribution in [0.3, 0.4) is 0 Å². The molecule has 0 atom stereocenters. The second-order valence-corrected chi connectivity index (χ2v) is 5.41. The molecule has 2 rings (SSSR count). The van der Waals surface area contributed by atoms with Crippen molar-refractivity contribution in [2.24, 2.45) is 5.41 Å². The summed E-state index contributed by atoms with van der Waals surface area (Å²) in [5.74, 6) is -0.404. The average Bonchev–Trinajstić information content (AvgIpc) is 3.11. The van der Waals surface area contributed by atoms with Crippen molar-refractivity contribution in [3.63, 3.8) is 0 Å². The number of nitrogen functional groups attached to an aromatic ring is 1. The maximum absolute atomic E-state index is 11.9. The van der Waals surface area contributed by atoms with Crippen molar-refractivity contribution < 1.29 is 9.53 Å². The van der Waals surface area contributed by atoms with Gasteiger partial charge in [-0.15, -0.1) is 0 Å². The van der Waals surface area contributed by atoms with Crippen molar-refractivity contribution in [2.75, 3.05) is 12.3 Å². The van der Waals surface area contributed by atoms with Gasteiger partial charge in [0.1, 0.15) is 0 Å². The van der Waals surface area contributed by atoms with Crippen LogP contribution in [0.1, 0.15) is 29.6 Å². The van der Waals surface area contributed by atoms with E-state index in [0.717, 1.165) is 12.8 Å². The summed E-state index contributed by atoms with van der Waals surface area (Å²) in [6.45, 7) is 0.306. The Hall–Kier alpha value is -1.54. The number of carbonyl (C=O) groups is 1. The van der Waals surface area contributed by atoms with Gasteiger partial charge in [-0.1, -0.05) is 6.07 Å². The van der Waals surface area contributed by atoms with E-state index in [9.17, 15) is 4.79 Å². The number of nitriles is 1. The summed E-state index contributed by atoms with van der Waals surface area (Å²) in [7, 11) is 0. The average molecular weight is 309 g/mol. The highest BCUT2D eigenvalue weighted by atomic mass is 79.9. The Bertz CT molecular complexity index is 518. The van der Waals surface area contributed by atoms with E-state index >= 15 is 0 Å². The van der Waals surface area contributed by atoms with Gasteiger partial charge in [-0.25, -0.2) is 4.79 Å².